The Morgan fingerprint density at radius 3 is 2.64 bits per heavy atom. The summed E-state index contributed by atoms with van der Waals surface area (Å²) in [6, 6.07) is 11.7. The summed E-state index contributed by atoms with van der Waals surface area (Å²) in [5.74, 6) is -1.19. The number of nitro benzene ring substituents is 1. The molecular formula is C17H15BrN2O5. The zero-order valence-electron chi connectivity index (χ0n) is 13.3. The molecule has 0 saturated carbocycles. The van der Waals surface area contributed by atoms with E-state index < -0.39 is 22.8 Å². The van der Waals surface area contributed by atoms with E-state index in [2.05, 4.69) is 21.2 Å². The number of carbonyl (C=O) groups excluding carboxylic acids is 2. The van der Waals surface area contributed by atoms with Crippen molar-refractivity contribution >= 4 is 33.5 Å². The molecule has 2 aromatic rings. The third-order valence-electron chi connectivity index (χ3n) is 3.29. The summed E-state index contributed by atoms with van der Waals surface area (Å²) in [6.45, 7) is 1.56. The molecule has 0 fully saturated rings. The first-order chi connectivity index (χ1) is 11.9. The number of benzene rings is 2. The third kappa shape index (κ3) is 5.39. The van der Waals surface area contributed by atoms with Crippen molar-refractivity contribution in [2.45, 2.75) is 19.6 Å². The molecular weight excluding hydrogens is 392 g/mol. The second-order valence-corrected chi connectivity index (χ2v) is 6.16. The first kappa shape index (κ1) is 18.6. The van der Waals surface area contributed by atoms with Crippen LogP contribution in [0.4, 0.5) is 5.69 Å². The van der Waals surface area contributed by atoms with Crippen molar-refractivity contribution in [3.63, 3.8) is 0 Å². The smallest absolute Gasteiger partial charge is 0.328 e. The monoisotopic (exact) mass is 406 g/mol. The molecule has 1 atom stereocenters. The summed E-state index contributed by atoms with van der Waals surface area (Å²) < 4.78 is 6.03. The van der Waals surface area contributed by atoms with Gasteiger partial charge in [-0.15, -0.1) is 0 Å². The Kier molecular flexibility index (Phi) is 6.24. The van der Waals surface area contributed by atoms with E-state index in [1.54, 1.807) is 0 Å². The van der Waals surface area contributed by atoms with Gasteiger partial charge in [0.1, 0.15) is 12.6 Å². The highest BCUT2D eigenvalue weighted by atomic mass is 79.9. The van der Waals surface area contributed by atoms with Gasteiger partial charge in [0.15, 0.2) is 0 Å². The van der Waals surface area contributed by atoms with Crippen LogP contribution >= 0.6 is 15.9 Å². The second-order valence-electron chi connectivity index (χ2n) is 5.24. The Labute approximate surface area is 152 Å². The summed E-state index contributed by atoms with van der Waals surface area (Å²) in [5, 5.41) is 13.2. The Balaban J connectivity index is 1.93. The molecule has 0 heterocycles. The average molecular weight is 407 g/mol. The Morgan fingerprint density at radius 2 is 1.96 bits per heavy atom. The van der Waals surface area contributed by atoms with Crippen LogP contribution in [0.25, 0.3) is 0 Å². The molecule has 130 valence electrons. The standard InChI is InChI=1S/C17H15BrN2O5/c1-11(17(22)25-10-12-4-2-6-14(18)8-12)19-16(21)13-5-3-7-15(9-13)20(23)24/h2-9,11H,10H2,1H3,(H,19,21)/t11-/m0/s1. The van der Waals surface area contributed by atoms with Crippen LogP contribution in [-0.4, -0.2) is 22.8 Å². The maximum atomic E-state index is 12.1. The van der Waals surface area contributed by atoms with Crippen LogP contribution < -0.4 is 5.32 Å². The number of ether oxygens (including phenoxy) is 1. The number of hydrogen-bond donors (Lipinski definition) is 1. The lowest BCUT2D eigenvalue weighted by atomic mass is 10.2. The van der Waals surface area contributed by atoms with Crippen LogP contribution in [0.1, 0.15) is 22.8 Å². The lowest BCUT2D eigenvalue weighted by Gasteiger charge is -2.13. The van der Waals surface area contributed by atoms with Gasteiger partial charge in [0.25, 0.3) is 11.6 Å². The van der Waals surface area contributed by atoms with E-state index in [1.807, 2.05) is 24.3 Å². The van der Waals surface area contributed by atoms with E-state index in [0.29, 0.717) is 0 Å². The number of rotatable bonds is 6. The van der Waals surface area contributed by atoms with Gasteiger partial charge in [-0.2, -0.15) is 0 Å². The minimum absolute atomic E-state index is 0.0787. The van der Waals surface area contributed by atoms with Gasteiger partial charge < -0.3 is 10.1 Å². The van der Waals surface area contributed by atoms with Gasteiger partial charge in [0.2, 0.25) is 0 Å². The highest BCUT2D eigenvalue weighted by molar-refractivity contribution is 9.10. The Morgan fingerprint density at radius 1 is 1.24 bits per heavy atom. The van der Waals surface area contributed by atoms with Crippen molar-refractivity contribution < 1.29 is 19.2 Å². The van der Waals surface area contributed by atoms with Crippen molar-refractivity contribution in [1.29, 1.82) is 0 Å². The number of esters is 1. The van der Waals surface area contributed by atoms with Crippen molar-refractivity contribution in [1.82, 2.24) is 5.32 Å². The first-order valence-electron chi connectivity index (χ1n) is 7.33. The Bertz CT molecular complexity index is 809. The van der Waals surface area contributed by atoms with Crippen LogP contribution in [0.15, 0.2) is 53.0 Å². The Hall–Kier alpha value is -2.74. The minimum Gasteiger partial charge on any atom is -0.459 e. The number of non-ortho nitro benzene ring substituents is 1. The van der Waals surface area contributed by atoms with Crippen LogP contribution in [0, 0.1) is 10.1 Å². The molecule has 0 unspecified atom stereocenters. The number of carbonyl (C=O) groups is 2. The van der Waals surface area contributed by atoms with Crippen LogP contribution in [0.5, 0.6) is 0 Å². The minimum atomic E-state index is -0.890. The zero-order chi connectivity index (χ0) is 18.4. The van der Waals surface area contributed by atoms with E-state index in [0.717, 1.165) is 16.1 Å². The van der Waals surface area contributed by atoms with Crippen molar-refractivity contribution in [2.75, 3.05) is 0 Å². The first-order valence-corrected chi connectivity index (χ1v) is 8.12. The van der Waals surface area contributed by atoms with Gasteiger partial charge in [-0.3, -0.25) is 14.9 Å². The predicted molar refractivity (Wildman–Crippen MR) is 94.0 cm³/mol. The molecule has 25 heavy (non-hydrogen) atoms. The lowest BCUT2D eigenvalue weighted by molar-refractivity contribution is -0.384. The molecule has 0 saturated heterocycles. The quantitative estimate of drug-likeness (QED) is 0.451. The largest absolute Gasteiger partial charge is 0.459 e. The highest BCUT2D eigenvalue weighted by Crippen LogP contribution is 2.14. The summed E-state index contributed by atoms with van der Waals surface area (Å²) >= 11 is 3.33. The van der Waals surface area contributed by atoms with Gasteiger partial charge in [0, 0.05) is 22.2 Å². The molecule has 0 radical (unpaired) electrons. The molecule has 0 aliphatic rings. The van der Waals surface area contributed by atoms with Gasteiger partial charge >= 0.3 is 5.97 Å². The van der Waals surface area contributed by atoms with Gasteiger partial charge in [-0.25, -0.2) is 4.79 Å². The number of amides is 1. The molecule has 0 aliphatic heterocycles. The number of nitro groups is 1. The van der Waals surface area contributed by atoms with Gasteiger partial charge in [0.05, 0.1) is 4.92 Å². The molecule has 2 rings (SSSR count). The summed E-state index contributed by atoms with van der Waals surface area (Å²) in [4.78, 5) is 34.2. The molecule has 0 aliphatic carbocycles. The van der Waals surface area contributed by atoms with E-state index >= 15 is 0 Å². The lowest BCUT2D eigenvalue weighted by Crippen LogP contribution is -2.39. The van der Waals surface area contributed by atoms with E-state index in [9.17, 15) is 19.7 Å². The molecule has 1 amide bonds. The van der Waals surface area contributed by atoms with Crippen LogP contribution in [0.3, 0.4) is 0 Å². The summed E-state index contributed by atoms with van der Waals surface area (Å²) in [7, 11) is 0. The molecule has 7 nitrogen and oxygen atoms in total. The normalized spacial score (nSPS) is 11.4. The second kappa shape index (κ2) is 8.39. The predicted octanol–water partition coefficient (Wildman–Crippen LogP) is 3.22. The third-order valence-corrected chi connectivity index (χ3v) is 3.78. The fourth-order valence-electron chi connectivity index (χ4n) is 2.01. The van der Waals surface area contributed by atoms with E-state index in [1.165, 1.54) is 25.1 Å². The SMILES string of the molecule is C[C@H](NC(=O)c1cccc([N+](=O)[O-])c1)C(=O)OCc1cccc(Br)c1. The fraction of sp³-hybridized carbons (Fsp3) is 0.176. The summed E-state index contributed by atoms with van der Waals surface area (Å²) in [5.41, 5.74) is 0.707. The number of nitrogens with one attached hydrogen (secondary N) is 1. The molecule has 2 aromatic carbocycles. The molecule has 1 N–H and O–H groups in total. The average Bonchev–Trinajstić information content (AvgIpc) is 2.59. The summed E-state index contributed by atoms with van der Waals surface area (Å²) in [6.07, 6.45) is 0. The van der Waals surface area contributed by atoms with Gasteiger partial charge in [-0.05, 0) is 30.7 Å². The van der Waals surface area contributed by atoms with Gasteiger partial charge in [-0.1, -0.05) is 34.1 Å². The molecule has 0 spiro atoms. The fourth-order valence-corrected chi connectivity index (χ4v) is 2.45. The number of nitrogens with zero attached hydrogens (tertiary/aromatic N) is 1. The van der Waals surface area contributed by atoms with Crippen LogP contribution in [-0.2, 0) is 16.1 Å². The van der Waals surface area contributed by atoms with Crippen molar-refractivity contribution in [3.05, 3.63) is 74.2 Å². The molecule has 0 bridgehead atoms. The van der Waals surface area contributed by atoms with E-state index in [4.69, 9.17) is 4.74 Å². The number of halogens is 1. The van der Waals surface area contributed by atoms with E-state index in [-0.39, 0.29) is 17.9 Å². The zero-order valence-corrected chi connectivity index (χ0v) is 14.9. The van der Waals surface area contributed by atoms with Crippen LogP contribution in [0.2, 0.25) is 0 Å². The molecule has 8 heteroatoms. The topological polar surface area (TPSA) is 98.5 Å². The maximum absolute atomic E-state index is 12.1. The highest BCUT2D eigenvalue weighted by Gasteiger charge is 2.19. The maximum Gasteiger partial charge on any atom is 0.328 e. The molecule has 0 aromatic heterocycles. The number of hydrogen-bond acceptors (Lipinski definition) is 5. The van der Waals surface area contributed by atoms with Crippen molar-refractivity contribution in [2.24, 2.45) is 0 Å². The van der Waals surface area contributed by atoms with Crippen molar-refractivity contribution in [3.8, 4) is 0 Å².